The Morgan fingerprint density at radius 1 is 1.22 bits per heavy atom. The fraction of sp³-hybridized carbons (Fsp3) is 0. The minimum absolute atomic E-state index is 0.00103. The van der Waals surface area contributed by atoms with Crippen molar-refractivity contribution in [3.05, 3.63) is 62.6 Å². The molecule has 8 nitrogen and oxygen atoms in total. The van der Waals surface area contributed by atoms with Gasteiger partial charge in [-0.15, -0.1) is 0 Å². The Bertz CT molecular complexity index is 866. The summed E-state index contributed by atoms with van der Waals surface area (Å²) in [5, 5.41) is 23.8. The van der Waals surface area contributed by atoms with Crippen LogP contribution in [0.5, 0.6) is 5.75 Å². The Kier molecular flexibility index (Phi) is 4.96. The second-order valence-electron chi connectivity index (χ2n) is 4.31. The molecule has 0 fully saturated rings. The molecular weight excluding hydrogens is 390 g/mol. The molecule has 0 atom stereocenters. The summed E-state index contributed by atoms with van der Waals surface area (Å²) in [4.78, 5) is 12.0. The van der Waals surface area contributed by atoms with Crippen LogP contribution in [0.2, 0.25) is 0 Å². The van der Waals surface area contributed by atoms with Crippen molar-refractivity contribution in [3.8, 4) is 5.75 Å². The lowest BCUT2D eigenvalue weighted by molar-refractivity contribution is -0.384. The predicted octanol–water partition coefficient (Wildman–Crippen LogP) is 2.38. The summed E-state index contributed by atoms with van der Waals surface area (Å²) in [5.74, 6) is -0.262. The highest BCUT2D eigenvalue weighted by Gasteiger charge is 2.13. The highest BCUT2D eigenvalue weighted by molar-refractivity contribution is 9.10. The van der Waals surface area contributed by atoms with Gasteiger partial charge in [-0.05, 0) is 30.3 Å². The van der Waals surface area contributed by atoms with Gasteiger partial charge in [-0.3, -0.25) is 10.1 Å². The van der Waals surface area contributed by atoms with E-state index in [-0.39, 0.29) is 21.9 Å². The first-order chi connectivity index (χ1) is 10.8. The summed E-state index contributed by atoms with van der Waals surface area (Å²) in [6, 6.07) is 9.21. The summed E-state index contributed by atoms with van der Waals surface area (Å²) in [7, 11) is -3.87. The largest absolute Gasteiger partial charge is 0.507 e. The first kappa shape index (κ1) is 16.9. The number of hydrogen-bond donors (Lipinski definition) is 2. The first-order valence-corrected chi connectivity index (χ1v) is 8.35. The van der Waals surface area contributed by atoms with Crippen LogP contribution in [-0.4, -0.2) is 24.7 Å². The third-order valence-electron chi connectivity index (χ3n) is 2.72. The molecule has 0 saturated carbocycles. The lowest BCUT2D eigenvalue weighted by Crippen LogP contribution is -2.18. The fourth-order valence-corrected chi connectivity index (χ4v) is 2.65. The van der Waals surface area contributed by atoms with Crippen LogP contribution >= 0.6 is 15.9 Å². The first-order valence-electron chi connectivity index (χ1n) is 6.07. The number of rotatable bonds is 5. The molecule has 120 valence electrons. The smallest absolute Gasteiger partial charge is 0.276 e. The molecule has 0 radical (unpaired) electrons. The van der Waals surface area contributed by atoms with Gasteiger partial charge in [0.25, 0.3) is 15.7 Å². The van der Waals surface area contributed by atoms with Crippen molar-refractivity contribution < 1.29 is 18.4 Å². The molecular formula is C13H10BrN3O5S. The number of aromatic hydroxyl groups is 1. The maximum atomic E-state index is 12.0. The van der Waals surface area contributed by atoms with Crippen LogP contribution in [0.1, 0.15) is 5.56 Å². The predicted molar refractivity (Wildman–Crippen MR) is 86.8 cm³/mol. The number of nitro benzene ring substituents is 1. The number of phenols is 1. The normalized spacial score (nSPS) is 11.5. The van der Waals surface area contributed by atoms with E-state index >= 15 is 0 Å². The number of halogens is 1. The molecule has 0 spiro atoms. The lowest BCUT2D eigenvalue weighted by atomic mass is 10.2. The fourth-order valence-electron chi connectivity index (χ4n) is 1.59. The van der Waals surface area contributed by atoms with E-state index in [0.29, 0.717) is 0 Å². The quantitative estimate of drug-likeness (QED) is 0.453. The van der Waals surface area contributed by atoms with Gasteiger partial charge >= 0.3 is 0 Å². The van der Waals surface area contributed by atoms with E-state index < -0.39 is 14.9 Å². The van der Waals surface area contributed by atoms with Gasteiger partial charge in [0, 0.05) is 22.2 Å². The highest BCUT2D eigenvalue weighted by Crippen LogP contribution is 2.21. The Hall–Kier alpha value is -2.46. The summed E-state index contributed by atoms with van der Waals surface area (Å²) in [6.07, 6.45) is 0.985. The molecule has 0 aliphatic carbocycles. The molecule has 10 heteroatoms. The maximum absolute atomic E-state index is 12.0. The number of hydrazone groups is 1. The average molecular weight is 400 g/mol. The molecule has 0 aromatic heterocycles. The van der Waals surface area contributed by atoms with Gasteiger partial charge in [0.15, 0.2) is 0 Å². The van der Waals surface area contributed by atoms with Crippen molar-refractivity contribution in [2.75, 3.05) is 0 Å². The molecule has 23 heavy (non-hydrogen) atoms. The number of non-ortho nitro benzene ring substituents is 1. The number of nitrogens with one attached hydrogen (secondary N) is 1. The number of nitro groups is 1. The summed E-state index contributed by atoms with van der Waals surface area (Å²) >= 11 is 3.19. The van der Waals surface area contributed by atoms with E-state index in [1.165, 1.54) is 12.1 Å². The number of phenolic OH excluding ortho intramolecular Hbond substituents is 1. The van der Waals surface area contributed by atoms with Crippen molar-refractivity contribution in [1.82, 2.24) is 4.83 Å². The molecule has 0 bridgehead atoms. The summed E-state index contributed by atoms with van der Waals surface area (Å²) in [5.41, 5.74) is -0.238. The number of nitrogens with zero attached hydrogens (tertiary/aromatic N) is 2. The molecule has 0 aliphatic heterocycles. The lowest BCUT2D eigenvalue weighted by Gasteiger charge is -2.03. The highest BCUT2D eigenvalue weighted by atomic mass is 79.9. The Morgan fingerprint density at radius 2 is 1.87 bits per heavy atom. The van der Waals surface area contributed by atoms with E-state index in [9.17, 15) is 23.6 Å². The van der Waals surface area contributed by atoms with E-state index in [1.54, 1.807) is 12.1 Å². The van der Waals surface area contributed by atoms with Gasteiger partial charge in [-0.25, -0.2) is 4.83 Å². The maximum Gasteiger partial charge on any atom is 0.276 e. The molecule has 0 aliphatic rings. The van der Waals surface area contributed by atoms with Gasteiger partial charge in [0.05, 0.1) is 16.0 Å². The summed E-state index contributed by atoms with van der Waals surface area (Å²) < 4.78 is 24.7. The minimum atomic E-state index is -3.87. The van der Waals surface area contributed by atoms with E-state index in [1.807, 2.05) is 4.83 Å². The average Bonchev–Trinajstić information content (AvgIpc) is 2.49. The van der Waals surface area contributed by atoms with Gasteiger partial charge in [-0.1, -0.05) is 15.9 Å². The van der Waals surface area contributed by atoms with Crippen molar-refractivity contribution >= 4 is 37.9 Å². The van der Waals surface area contributed by atoms with Crippen LogP contribution in [-0.2, 0) is 10.0 Å². The summed E-state index contributed by atoms with van der Waals surface area (Å²) in [6.45, 7) is 0. The Morgan fingerprint density at radius 3 is 2.48 bits per heavy atom. The van der Waals surface area contributed by atoms with E-state index in [2.05, 4.69) is 21.0 Å². The zero-order valence-corrected chi connectivity index (χ0v) is 13.8. The van der Waals surface area contributed by atoms with Crippen molar-refractivity contribution in [1.29, 1.82) is 0 Å². The number of sulfonamides is 1. The molecule has 2 N–H and O–H groups in total. The van der Waals surface area contributed by atoms with Crippen LogP contribution in [0, 0.1) is 10.1 Å². The van der Waals surface area contributed by atoms with E-state index in [4.69, 9.17) is 0 Å². The van der Waals surface area contributed by atoms with Crippen LogP contribution in [0.25, 0.3) is 0 Å². The SMILES string of the molecule is O=[N+]([O-])c1ccc(O)c(C=NNS(=O)(=O)c2ccc(Br)cc2)c1. The van der Waals surface area contributed by atoms with Gasteiger partial charge in [-0.2, -0.15) is 13.5 Å². The minimum Gasteiger partial charge on any atom is -0.507 e. The van der Waals surface area contributed by atoms with E-state index in [0.717, 1.165) is 28.9 Å². The molecule has 0 saturated heterocycles. The number of hydrogen-bond acceptors (Lipinski definition) is 6. The van der Waals surface area contributed by atoms with Crippen LogP contribution in [0.3, 0.4) is 0 Å². The molecule has 2 rings (SSSR count). The van der Waals surface area contributed by atoms with Crippen molar-refractivity contribution in [2.45, 2.75) is 4.90 Å². The van der Waals surface area contributed by atoms with Gasteiger partial charge < -0.3 is 5.11 Å². The van der Waals surface area contributed by atoms with Gasteiger partial charge in [0.2, 0.25) is 0 Å². The zero-order chi connectivity index (χ0) is 17.0. The molecule has 2 aromatic rings. The van der Waals surface area contributed by atoms with Crippen LogP contribution in [0.15, 0.2) is 56.9 Å². The molecule has 0 unspecified atom stereocenters. The Labute approximate surface area is 139 Å². The third-order valence-corrected chi connectivity index (χ3v) is 4.49. The third kappa shape index (κ3) is 4.27. The molecule has 2 aromatic carbocycles. The van der Waals surface area contributed by atoms with Gasteiger partial charge in [0.1, 0.15) is 5.75 Å². The van der Waals surface area contributed by atoms with Crippen LogP contribution < -0.4 is 4.83 Å². The van der Waals surface area contributed by atoms with Crippen LogP contribution in [0.4, 0.5) is 5.69 Å². The monoisotopic (exact) mass is 399 g/mol. The number of benzene rings is 2. The molecule has 0 amide bonds. The standard InChI is InChI=1S/C13H10BrN3O5S/c14-10-1-4-12(5-2-10)23(21,22)16-15-8-9-7-11(17(19)20)3-6-13(9)18/h1-8,16,18H. The zero-order valence-electron chi connectivity index (χ0n) is 11.4. The van der Waals surface area contributed by atoms with Crippen molar-refractivity contribution in [2.24, 2.45) is 5.10 Å². The molecule has 0 heterocycles. The van der Waals surface area contributed by atoms with Crippen molar-refractivity contribution in [3.63, 3.8) is 0 Å². The second kappa shape index (κ2) is 6.75. The second-order valence-corrected chi connectivity index (χ2v) is 6.88. The topological polar surface area (TPSA) is 122 Å². The Balaban J connectivity index is 2.19.